The fourth-order valence-electron chi connectivity index (χ4n) is 1.73. The molecule has 0 aliphatic heterocycles. The van der Waals surface area contributed by atoms with Crippen LogP contribution >= 0.6 is 0 Å². The third-order valence-corrected chi connectivity index (χ3v) is 3.08. The Labute approximate surface area is 110 Å². The highest BCUT2D eigenvalue weighted by atomic mass is 16.4. The molecule has 6 heteroatoms. The topological polar surface area (TPSA) is 90.3 Å². The van der Waals surface area contributed by atoms with Gasteiger partial charge in [0.15, 0.2) is 5.58 Å². The highest BCUT2D eigenvalue weighted by Gasteiger charge is 2.17. The van der Waals surface area contributed by atoms with Crippen LogP contribution in [0, 0.1) is 5.92 Å². The molecule has 1 atom stereocenters. The lowest BCUT2D eigenvalue weighted by atomic mass is 10.0. The standard InChI is InChI=1S/C13H17N3O3/c1-7(2)11(14)12(17)15-8-4-5-10-9(6-8)16(3)13(18)19-10/h4-7,11H,14H2,1-3H3,(H,15,17)/t11-/m0/s1. The zero-order valence-electron chi connectivity index (χ0n) is 11.1. The van der Waals surface area contributed by atoms with Gasteiger partial charge in [0.1, 0.15) is 0 Å². The van der Waals surface area contributed by atoms with Crippen LogP contribution in [0.5, 0.6) is 0 Å². The van der Waals surface area contributed by atoms with Gasteiger partial charge in [-0.1, -0.05) is 13.8 Å². The Kier molecular flexibility index (Phi) is 3.44. The van der Waals surface area contributed by atoms with E-state index < -0.39 is 11.8 Å². The second-order valence-corrected chi connectivity index (χ2v) is 4.87. The van der Waals surface area contributed by atoms with Crippen LogP contribution in [0.3, 0.4) is 0 Å². The number of rotatable bonds is 3. The monoisotopic (exact) mass is 263 g/mol. The Bertz CT molecular complexity index is 669. The molecule has 1 amide bonds. The van der Waals surface area contributed by atoms with Crippen LogP contribution in [0.25, 0.3) is 11.1 Å². The van der Waals surface area contributed by atoms with Crippen molar-refractivity contribution < 1.29 is 9.21 Å². The lowest BCUT2D eigenvalue weighted by molar-refractivity contribution is -0.118. The first-order chi connectivity index (χ1) is 8.90. The van der Waals surface area contributed by atoms with Gasteiger partial charge >= 0.3 is 5.76 Å². The third-order valence-electron chi connectivity index (χ3n) is 3.08. The van der Waals surface area contributed by atoms with Crippen molar-refractivity contribution in [1.29, 1.82) is 0 Å². The number of anilines is 1. The van der Waals surface area contributed by atoms with Crippen molar-refractivity contribution in [2.24, 2.45) is 18.7 Å². The van der Waals surface area contributed by atoms with Gasteiger partial charge in [-0.15, -0.1) is 0 Å². The molecule has 0 spiro atoms. The molecule has 1 heterocycles. The summed E-state index contributed by atoms with van der Waals surface area (Å²) in [6, 6.07) is 4.44. The molecule has 0 saturated heterocycles. The summed E-state index contributed by atoms with van der Waals surface area (Å²) in [6.45, 7) is 3.76. The van der Waals surface area contributed by atoms with Crippen LogP contribution in [0.1, 0.15) is 13.8 Å². The SMILES string of the molecule is CC(C)[C@H](N)C(=O)Nc1ccc2oc(=O)n(C)c2c1. The van der Waals surface area contributed by atoms with Gasteiger partial charge < -0.3 is 15.5 Å². The number of oxazole rings is 1. The molecule has 19 heavy (non-hydrogen) atoms. The number of amides is 1. The van der Waals surface area contributed by atoms with Crippen molar-refractivity contribution in [2.45, 2.75) is 19.9 Å². The Balaban J connectivity index is 2.29. The first kappa shape index (κ1) is 13.4. The number of hydrogen-bond donors (Lipinski definition) is 2. The van der Waals surface area contributed by atoms with E-state index in [0.717, 1.165) is 0 Å². The van der Waals surface area contributed by atoms with E-state index in [2.05, 4.69) is 5.32 Å². The Morgan fingerprint density at radius 1 is 1.42 bits per heavy atom. The minimum Gasteiger partial charge on any atom is -0.408 e. The van der Waals surface area contributed by atoms with Gasteiger partial charge in [-0.2, -0.15) is 0 Å². The Morgan fingerprint density at radius 2 is 2.11 bits per heavy atom. The van der Waals surface area contributed by atoms with E-state index in [1.165, 1.54) is 4.57 Å². The molecule has 2 aromatic rings. The average Bonchev–Trinajstić information content (AvgIpc) is 2.64. The van der Waals surface area contributed by atoms with Crippen molar-refractivity contribution in [3.63, 3.8) is 0 Å². The Hall–Kier alpha value is -2.08. The molecule has 1 aromatic heterocycles. The molecule has 0 aliphatic carbocycles. The lowest BCUT2D eigenvalue weighted by Crippen LogP contribution is -2.39. The molecule has 0 radical (unpaired) electrons. The van der Waals surface area contributed by atoms with Gasteiger partial charge in [0.05, 0.1) is 11.6 Å². The lowest BCUT2D eigenvalue weighted by Gasteiger charge is -2.15. The minimum absolute atomic E-state index is 0.0574. The average molecular weight is 263 g/mol. The van der Waals surface area contributed by atoms with E-state index in [-0.39, 0.29) is 11.8 Å². The normalized spacial score (nSPS) is 12.9. The van der Waals surface area contributed by atoms with Crippen molar-refractivity contribution in [1.82, 2.24) is 4.57 Å². The third kappa shape index (κ3) is 2.53. The van der Waals surface area contributed by atoms with E-state index in [1.54, 1.807) is 25.2 Å². The molecule has 6 nitrogen and oxygen atoms in total. The minimum atomic E-state index is -0.566. The van der Waals surface area contributed by atoms with Gasteiger partial charge in [0.2, 0.25) is 5.91 Å². The largest absolute Gasteiger partial charge is 0.419 e. The van der Waals surface area contributed by atoms with Crippen LogP contribution in [0.2, 0.25) is 0 Å². The first-order valence-electron chi connectivity index (χ1n) is 6.06. The zero-order valence-corrected chi connectivity index (χ0v) is 11.1. The molecule has 0 bridgehead atoms. The summed E-state index contributed by atoms with van der Waals surface area (Å²) in [5.41, 5.74) is 7.47. The van der Waals surface area contributed by atoms with E-state index in [1.807, 2.05) is 13.8 Å². The number of nitrogens with zero attached hydrogens (tertiary/aromatic N) is 1. The number of carbonyl (C=O) groups excluding carboxylic acids is 1. The van der Waals surface area contributed by atoms with Crippen LogP contribution in [-0.2, 0) is 11.8 Å². The van der Waals surface area contributed by atoms with Crippen LogP contribution < -0.4 is 16.8 Å². The summed E-state index contributed by atoms with van der Waals surface area (Å²) in [6.07, 6.45) is 0. The maximum Gasteiger partial charge on any atom is 0.419 e. The fraction of sp³-hybridized carbons (Fsp3) is 0.385. The van der Waals surface area contributed by atoms with E-state index in [4.69, 9.17) is 10.2 Å². The number of aromatic nitrogens is 1. The maximum absolute atomic E-state index is 11.9. The van der Waals surface area contributed by atoms with Crippen molar-refractivity contribution in [3.8, 4) is 0 Å². The summed E-state index contributed by atoms with van der Waals surface area (Å²) in [5.74, 6) is -0.623. The summed E-state index contributed by atoms with van der Waals surface area (Å²) < 4.78 is 6.40. The molecule has 0 saturated carbocycles. The van der Waals surface area contributed by atoms with Gasteiger partial charge in [-0.25, -0.2) is 4.79 Å². The smallest absolute Gasteiger partial charge is 0.408 e. The molecule has 102 valence electrons. The van der Waals surface area contributed by atoms with Gasteiger partial charge in [-0.3, -0.25) is 9.36 Å². The Morgan fingerprint density at radius 3 is 2.74 bits per heavy atom. The number of carbonyl (C=O) groups is 1. The molecular formula is C13H17N3O3. The first-order valence-corrected chi connectivity index (χ1v) is 6.06. The number of benzene rings is 1. The molecule has 0 aliphatic rings. The quantitative estimate of drug-likeness (QED) is 0.866. The van der Waals surface area contributed by atoms with Crippen molar-refractivity contribution in [3.05, 3.63) is 28.7 Å². The van der Waals surface area contributed by atoms with Gasteiger partial charge in [0.25, 0.3) is 0 Å². The fourth-order valence-corrected chi connectivity index (χ4v) is 1.73. The predicted octanol–water partition coefficient (Wildman–Crippen LogP) is 1.05. The highest BCUT2D eigenvalue weighted by Crippen LogP contribution is 2.18. The van der Waals surface area contributed by atoms with Crippen molar-refractivity contribution >= 4 is 22.7 Å². The van der Waals surface area contributed by atoms with E-state index in [9.17, 15) is 9.59 Å². The predicted molar refractivity (Wildman–Crippen MR) is 72.9 cm³/mol. The molecule has 3 N–H and O–H groups in total. The molecule has 0 unspecified atom stereocenters. The zero-order chi connectivity index (χ0) is 14.2. The number of nitrogens with one attached hydrogen (secondary N) is 1. The number of aryl methyl sites for hydroxylation is 1. The second-order valence-electron chi connectivity index (χ2n) is 4.87. The van der Waals surface area contributed by atoms with Crippen LogP contribution in [0.15, 0.2) is 27.4 Å². The van der Waals surface area contributed by atoms with Gasteiger partial charge in [-0.05, 0) is 24.1 Å². The summed E-state index contributed by atoms with van der Waals surface area (Å²) >= 11 is 0. The molecule has 1 aromatic carbocycles. The second kappa shape index (κ2) is 4.89. The highest BCUT2D eigenvalue weighted by molar-refractivity contribution is 5.96. The summed E-state index contributed by atoms with van der Waals surface area (Å²) in [7, 11) is 1.61. The molecule has 0 fully saturated rings. The van der Waals surface area contributed by atoms with Gasteiger partial charge in [0, 0.05) is 12.7 Å². The number of nitrogens with two attached hydrogens (primary N) is 1. The number of hydrogen-bond acceptors (Lipinski definition) is 4. The van der Waals surface area contributed by atoms with Crippen LogP contribution in [0.4, 0.5) is 5.69 Å². The summed E-state index contributed by atoms with van der Waals surface area (Å²) in [5, 5.41) is 2.73. The van der Waals surface area contributed by atoms with E-state index >= 15 is 0 Å². The van der Waals surface area contributed by atoms with Crippen molar-refractivity contribution in [2.75, 3.05) is 5.32 Å². The number of fused-ring (bicyclic) bond motifs is 1. The molecule has 2 rings (SSSR count). The molecular weight excluding hydrogens is 246 g/mol. The summed E-state index contributed by atoms with van der Waals surface area (Å²) in [4.78, 5) is 23.2. The van der Waals surface area contributed by atoms with E-state index in [0.29, 0.717) is 16.8 Å². The van der Waals surface area contributed by atoms with Crippen LogP contribution in [-0.4, -0.2) is 16.5 Å². The maximum atomic E-state index is 11.9.